The van der Waals surface area contributed by atoms with Gasteiger partial charge in [0.1, 0.15) is 11.6 Å². The normalized spacial score (nSPS) is 28.6. The van der Waals surface area contributed by atoms with E-state index in [-0.39, 0.29) is 23.2 Å². The van der Waals surface area contributed by atoms with E-state index in [9.17, 15) is 4.79 Å². The molecule has 0 radical (unpaired) electrons. The molecular formula is C13H23NO2. The molecule has 92 valence electrons. The Bertz CT molecular complexity index is 274. The van der Waals surface area contributed by atoms with Crippen molar-refractivity contribution in [2.24, 2.45) is 0 Å². The van der Waals surface area contributed by atoms with Crippen molar-refractivity contribution in [3.63, 3.8) is 0 Å². The Morgan fingerprint density at radius 2 is 1.88 bits per heavy atom. The molecule has 0 amide bonds. The summed E-state index contributed by atoms with van der Waals surface area (Å²) in [5.74, 6) is -0.0729. The number of hydrogen-bond donors (Lipinski definition) is 1. The van der Waals surface area contributed by atoms with Gasteiger partial charge in [-0.05, 0) is 46.5 Å². The summed E-state index contributed by atoms with van der Waals surface area (Å²) in [5.41, 5.74) is -0.105. The smallest absolute Gasteiger partial charge is 0.323 e. The van der Waals surface area contributed by atoms with Crippen LogP contribution in [0.2, 0.25) is 0 Å². The Labute approximate surface area is 97.9 Å². The maximum atomic E-state index is 11.9. The molecule has 1 spiro atoms. The number of carbonyl (C=O) groups excluding carboxylic acids is 1. The molecule has 2 rings (SSSR count). The monoisotopic (exact) mass is 225 g/mol. The second-order valence-corrected chi connectivity index (χ2v) is 6.26. The van der Waals surface area contributed by atoms with Crippen molar-refractivity contribution < 1.29 is 9.53 Å². The van der Waals surface area contributed by atoms with Gasteiger partial charge in [0, 0.05) is 5.54 Å². The lowest BCUT2D eigenvalue weighted by Gasteiger charge is -2.26. The van der Waals surface area contributed by atoms with Gasteiger partial charge in [-0.3, -0.25) is 10.1 Å². The van der Waals surface area contributed by atoms with Gasteiger partial charge in [-0.25, -0.2) is 0 Å². The number of nitrogens with one attached hydrogen (secondary N) is 1. The summed E-state index contributed by atoms with van der Waals surface area (Å²) in [6.45, 7) is 5.77. The highest BCUT2D eigenvalue weighted by Crippen LogP contribution is 2.38. The maximum absolute atomic E-state index is 11.9. The van der Waals surface area contributed by atoms with Gasteiger partial charge < -0.3 is 4.74 Å². The molecule has 1 heterocycles. The lowest BCUT2D eigenvalue weighted by atomic mass is 9.96. The zero-order valence-corrected chi connectivity index (χ0v) is 10.6. The highest BCUT2D eigenvalue weighted by Gasteiger charge is 2.43. The summed E-state index contributed by atoms with van der Waals surface area (Å²) in [7, 11) is 0. The van der Waals surface area contributed by atoms with Crippen molar-refractivity contribution in [2.75, 3.05) is 0 Å². The third kappa shape index (κ3) is 2.57. The molecule has 1 N–H and O–H groups in total. The molecule has 0 aromatic carbocycles. The van der Waals surface area contributed by atoms with E-state index in [1.165, 1.54) is 25.7 Å². The minimum absolute atomic E-state index is 0.0719. The van der Waals surface area contributed by atoms with Crippen molar-refractivity contribution in [1.29, 1.82) is 0 Å². The van der Waals surface area contributed by atoms with Crippen molar-refractivity contribution >= 4 is 5.97 Å². The highest BCUT2D eigenvalue weighted by atomic mass is 16.6. The summed E-state index contributed by atoms with van der Waals surface area (Å²) in [4.78, 5) is 11.9. The fourth-order valence-corrected chi connectivity index (χ4v) is 2.93. The summed E-state index contributed by atoms with van der Waals surface area (Å²) in [5, 5.41) is 3.51. The van der Waals surface area contributed by atoms with Gasteiger partial charge >= 0.3 is 5.97 Å². The Kier molecular flexibility index (Phi) is 2.99. The first kappa shape index (κ1) is 11.9. The highest BCUT2D eigenvalue weighted by molar-refractivity contribution is 5.76. The van der Waals surface area contributed by atoms with E-state index in [0.29, 0.717) is 0 Å². The Balaban J connectivity index is 1.91. The molecule has 16 heavy (non-hydrogen) atoms. The van der Waals surface area contributed by atoms with Crippen molar-refractivity contribution in [1.82, 2.24) is 5.32 Å². The fourth-order valence-electron chi connectivity index (χ4n) is 2.93. The summed E-state index contributed by atoms with van der Waals surface area (Å²) >= 11 is 0. The minimum Gasteiger partial charge on any atom is -0.459 e. The van der Waals surface area contributed by atoms with Crippen LogP contribution in [0.25, 0.3) is 0 Å². The van der Waals surface area contributed by atoms with Gasteiger partial charge in [0.15, 0.2) is 0 Å². The van der Waals surface area contributed by atoms with Crippen LogP contribution in [0, 0.1) is 0 Å². The van der Waals surface area contributed by atoms with Gasteiger partial charge in [0.05, 0.1) is 0 Å². The van der Waals surface area contributed by atoms with Gasteiger partial charge in [0.25, 0.3) is 0 Å². The average Bonchev–Trinajstić information content (AvgIpc) is 2.74. The molecule has 2 aliphatic rings. The van der Waals surface area contributed by atoms with Gasteiger partial charge in [-0.15, -0.1) is 0 Å². The van der Waals surface area contributed by atoms with E-state index in [2.05, 4.69) is 5.32 Å². The zero-order chi connectivity index (χ0) is 11.8. The van der Waals surface area contributed by atoms with Crippen LogP contribution in [0.5, 0.6) is 0 Å². The number of ether oxygens (including phenoxy) is 1. The van der Waals surface area contributed by atoms with Gasteiger partial charge in [0.2, 0.25) is 0 Å². The summed E-state index contributed by atoms with van der Waals surface area (Å²) in [6.07, 6.45) is 7.13. The topological polar surface area (TPSA) is 38.3 Å². The quantitative estimate of drug-likeness (QED) is 0.696. The Hall–Kier alpha value is -0.570. The predicted octanol–water partition coefficient (Wildman–Crippen LogP) is 2.39. The molecule has 0 aromatic rings. The first-order valence-electron chi connectivity index (χ1n) is 6.41. The van der Waals surface area contributed by atoms with E-state index in [1.54, 1.807) is 0 Å². The van der Waals surface area contributed by atoms with Crippen LogP contribution in [0.15, 0.2) is 0 Å². The Morgan fingerprint density at radius 3 is 2.44 bits per heavy atom. The molecule has 3 nitrogen and oxygen atoms in total. The molecule has 1 unspecified atom stereocenters. The average molecular weight is 225 g/mol. The molecule has 1 atom stereocenters. The predicted molar refractivity (Wildman–Crippen MR) is 63.2 cm³/mol. The second-order valence-electron chi connectivity index (χ2n) is 6.26. The van der Waals surface area contributed by atoms with Gasteiger partial charge in [-0.1, -0.05) is 12.8 Å². The minimum atomic E-state index is -0.371. The number of rotatable bonds is 1. The molecule has 0 aromatic heterocycles. The van der Waals surface area contributed by atoms with Crippen LogP contribution < -0.4 is 5.32 Å². The van der Waals surface area contributed by atoms with Gasteiger partial charge in [-0.2, -0.15) is 0 Å². The largest absolute Gasteiger partial charge is 0.459 e. The lowest BCUT2D eigenvalue weighted by Crippen LogP contribution is -2.45. The van der Waals surface area contributed by atoms with Crippen LogP contribution >= 0.6 is 0 Å². The first-order valence-corrected chi connectivity index (χ1v) is 6.41. The van der Waals surface area contributed by atoms with Crippen LogP contribution in [0.4, 0.5) is 0 Å². The molecule has 0 bridgehead atoms. The van der Waals surface area contributed by atoms with Crippen LogP contribution in [-0.2, 0) is 9.53 Å². The standard InChI is InChI=1S/C13H23NO2/c1-12(2,3)16-11(15)10-6-9-13(14-10)7-4-5-8-13/h10,14H,4-9H2,1-3H3. The summed E-state index contributed by atoms with van der Waals surface area (Å²) in [6, 6.07) is -0.0719. The van der Waals surface area contributed by atoms with E-state index in [4.69, 9.17) is 4.74 Å². The maximum Gasteiger partial charge on any atom is 0.323 e. The zero-order valence-electron chi connectivity index (χ0n) is 10.6. The molecule has 1 saturated heterocycles. The number of esters is 1. The first-order chi connectivity index (χ1) is 7.40. The molecule has 1 aliphatic carbocycles. The third-order valence-corrected chi connectivity index (χ3v) is 3.64. The molecule has 1 aliphatic heterocycles. The second kappa shape index (κ2) is 4.02. The van der Waals surface area contributed by atoms with E-state index in [0.717, 1.165) is 12.8 Å². The number of hydrogen-bond acceptors (Lipinski definition) is 3. The molecule has 3 heteroatoms. The summed E-state index contributed by atoms with van der Waals surface area (Å²) < 4.78 is 5.42. The molecular weight excluding hydrogens is 202 g/mol. The lowest BCUT2D eigenvalue weighted by molar-refractivity contribution is -0.157. The van der Waals surface area contributed by atoms with Crippen molar-refractivity contribution in [3.8, 4) is 0 Å². The molecule has 1 saturated carbocycles. The van der Waals surface area contributed by atoms with Crippen molar-refractivity contribution in [3.05, 3.63) is 0 Å². The van der Waals surface area contributed by atoms with Crippen molar-refractivity contribution in [2.45, 2.75) is 76.5 Å². The Morgan fingerprint density at radius 1 is 1.25 bits per heavy atom. The van der Waals surface area contributed by atoms with E-state index in [1.807, 2.05) is 20.8 Å². The van der Waals surface area contributed by atoms with Crippen LogP contribution in [0.1, 0.15) is 59.3 Å². The number of carbonyl (C=O) groups is 1. The SMILES string of the molecule is CC(C)(C)OC(=O)C1CCC2(CCCC2)N1. The fraction of sp³-hybridized carbons (Fsp3) is 0.923. The van der Waals surface area contributed by atoms with Crippen LogP contribution in [-0.4, -0.2) is 23.2 Å². The third-order valence-electron chi connectivity index (χ3n) is 3.64. The molecule has 2 fully saturated rings. The van der Waals surface area contributed by atoms with Crippen LogP contribution in [0.3, 0.4) is 0 Å². The van der Waals surface area contributed by atoms with E-state index < -0.39 is 0 Å². The van der Waals surface area contributed by atoms with E-state index >= 15 is 0 Å².